The van der Waals surface area contributed by atoms with Crippen LogP contribution in [-0.2, 0) is 14.5 Å². The molecule has 0 unspecified atom stereocenters. The van der Waals surface area contributed by atoms with Crippen molar-refractivity contribution in [2.75, 3.05) is 39.3 Å². The Morgan fingerprint density at radius 2 is 1.57 bits per heavy atom. The van der Waals surface area contributed by atoms with Crippen molar-refractivity contribution in [3.05, 3.63) is 29.8 Å². The second kappa shape index (κ2) is 9.40. The number of piperazine rings is 1. The molecule has 2 aliphatic heterocycles. The number of hydrogen-bond donors (Lipinski definition) is 1. The third-order valence-electron chi connectivity index (χ3n) is 10.4. The van der Waals surface area contributed by atoms with Gasteiger partial charge in [0.25, 0.3) is 0 Å². The molecule has 8 rings (SSSR count). The smallest absolute Gasteiger partial charge is 0.314 e. The normalized spacial score (nSPS) is 41.1. The average Bonchev–Trinajstić information content (AvgIpc) is 3.28. The standard InChI is InChI=1S/C29H41N3O5/c30-27(33)32-11-9-31(10-12-32)13-14-34-26-3-1-22(2-4-26)23-5-7-28(8-6-23)35-29(37-36-28)24-16-20-15-21(18-24)19-25(29)17-20/h1-4,20-21,23-25H,5-19H2,(H2,30,33)/t20?,21?,23-,24?,25?,28+,29-. The predicted molar refractivity (Wildman–Crippen MR) is 137 cm³/mol. The maximum atomic E-state index is 11.3. The van der Waals surface area contributed by atoms with Gasteiger partial charge in [-0.25, -0.2) is 4.79 Å². The minimum atomic E-state index is -0.544. The van der Waals surface area contributed by atoms with Crippen LogP contribution in [0.3, 0.4) is 0 Å². The van der Waals surface area contributed by atoms with E-state index in [0.29, 0.717) is 37.5 Å². The number of rotatable bonds is 5. The van der Waals surface area contributed by atoms with E-state index in [4.69, 9.17) is 25.0 Å². The number of amides is 2. The van der Waals surface area contributed by atoms with Crippen LogP contribution in [0.2, 0.25) is 0 Å². The largest absolute Gasteiger partial charge is 0.492 e. The van der Waals surface area contributed by atoms with Crippen LogP contribution in [-0.4, -0.2) is 66.7 Å². The molecule has 8 nitrogen and oxygen atoms in total. The molecule has 202 valence electrons. The number of carbonyl (C=O) groups excluding carboxylic acids is 1. The summed E-state index contributed by atoms with van der Waals surface area (Å²) in [7, 11) is 0. The SMILES string of the molecule is NC(=O)N1CCN(CCOc2ccc([C@H]3CC[C@]4(CC3)OO[C@]3(O4)C4CC5CC(C4)CC3C5)cc2)CC1. The van der Waals surface area contributed by atoms with Gasteiger partial charge in [-0.05, 0) is 80.4 Å². The fraction of sp³-hybridized carbons (Fsp3) is 0.759. The van der Waals surface area contributed by atoms with Crippen LogP contribution >= 0.6 is 0 Å². The Balaban J connectivity index is 0.888. The Morgan fingerprint density at radius 3 is 2.19 bits per heavy atom. The molecule has 2 spiro atoms. The summed E-state index contributed by atoms with van der Waals surface area (Å²) in [5.74, 6) is 3.24. The number of nitrogens with two attached hydrogens (primary N) is 1. The third-order valence-corrected chi connectivity index (χ3v) is 10.4. The number of primary amides is 1. The second-order valence-corrected chi connectivity index (χ2v) is 12.6. The van der Waals surface area contributed by atoms with Crippen molar-refractivity contribution in [2.24, 2.45) is 29.4 Å². The summed E-state index contributed by atoms with van der Waals surface area (Å²) in [4.78, 5) is 27.6. The van der Waals surface area contributed by atoms with Gasteiger partial charge in [0.2, 0.25) is 11.6 Å². The molecule has 0 aromatic heterocycles. The van der Waals surface area contributed by atoms with E-state index in [9.17, 15) is 4.79 Å². The van der Waals surface area contributed by atoms with Crippen LogP contribution < -0.4 is 10.5 Å². The maximum Gasteiger partial charge on any atom is 0.314 e. The van der Waals surface area contributed by atoms with Crippen LogP contribution in [0.25, 0.3) is 0 Å². The van der Waals surface area contributed by atoms with Gasteiger partial charge in [-0.3, -0.25) is 4.90 Å². The Morgan fingerprint density at radius 1 is 0.919 bits per heavy atom. The number of carbonyl (C=O) groups is 1. The van der Waals surface area contributed by atoms with Crippen molar-refractivity contribution in [3.63, 3.8) is 0 Å². The zero-order valence-electron chi connectivity index (χ0n) is 21.8. The van der Waals surface area contributed by atoms with Gasteiger partial charge in [0.1, 0.15) is 12.4 Å². The zero-order valence-corrected chi connectivity index (χ0v) is 21.8. The van der Waals surface area contributed by atoms with Gasteiger partial charge in [0.15, 0.2) is 0 Å². The molecule has 8 heteroatoms. The fourth-order valence-corrected chi connectivity index (χ4v) is 8.51. The van der Waals surface area contributed by atoms with Crippen LogP contribution in [0.15, 0.2) is 24.3 Å². The van der Waals surface area contributed by atoms with Gasteiger partial charge in [-0.2, -0.15) is 9.78 Å². The molecule has 5 aliphatic carbocycles. The third kappa shape index (κ3) is 4.44. The van der Waals surface area contributed by atoms with E-state index < -0.39 is 11.6 Å². The van der Waals surface area contributed by atoms with Gasteiger partial charge in [-0.1, -0.05) is 12.1 Å². The molecule has 2 heterocycles. The molecule has 37 heavy (non-hydrogen) atoms. The lowest BCUT2D eigenvalue weighted by atomic mass is 9.53. The number of hydrogen-bond acceptors (Lipinski definition) is 6. The Hall–Kier alpha value is -1.87. The molecule has 2 saturated heterocycles. The van der Waals surface area contributed by atoms with Gasteiger partial charge < -0.3 is 20.1 Å². The lowest BCUT2D eigenvalue weighted by Gasteiger charge is -2.57. The lowest BCUT2D eigenvalue weighted by Crippen LogP contribution is -2.59. The lowest BCUT2D eigenvalue weighted by molar-refractivity contribution is -0.390. The molecule has 2 amide bonds. The molecular formula is C29H41N3O5. The van der Waals surface area contributed by atoms with Crippen molar-refractivity contribution in [3.8, 4) is 5.75 Å². The van der Waals surface area contributed by atoms with Crippen LogP contribution in [0.5, 0.6) is 5.75 Å². The van der Waals surface area contributed by atoms with Crippen LogP contribution in [0, 0.1) is 23.7 Å². The monoisotopic (exact) mass is 511 g/mol. The van der Waals surface area contributed by atoms with Crippen molar-refractivity contribution < 1.29 is 24.0 Å². The molecule has 7 aliphatic rings. The van der Waals surface area contributed by atoms with Gasteiger partial charge in [0.05, 0.1) is 0 Å². The van der Waals surface area contributed by atoms with Crippen LogP contribution in [0.4, 0.5) is 4.79 Å². The van der Waals surface area contributed by atoms with Crippen molar-refractivity contribution in [1.82, 2.24) is 9.80 Å². The first kappa shape index (κ1) is 24.2. The first-order valence-corrected chi connectivity index (χ1v) is 14.6. The molecule has 7 fully saturated rings. The van der Waals surface area contributed by atoms with Crippen molar-refractivity contribution in [2.45, 2.75) is 75.3 Å². The zero-order chi connectivity index (χ0) is 25.0. The van der Waals surface area contributed by atoms with E-state index >= 15 is 0 Å². The van der Waals surface area contributed by atoms with Gasteiger partial charge in [-0.15, -0.1) is 0 Å². The summed E-state index contributed by atoms with van der Waals surface area (Å²) in [6.07, 6.45) is 10.4. The first-order valence-electron chi connectivity index (χ1n) is 14.6. The first-order chi connectivity index (χ1) is 18.0. The topological polar surface area (TPSA) is 86.5 Å². The quantitative estimate of drug-likeness (QED) is 0.595. The summed E-state index contributed by atoms with van der Waals surface area (Å²) in [6, 6.07) is 8.30. The molecule has 1 aromatic carbocycles. The predicted octanol–water partition coefficient (Wildman–Crippen LogP) is 4.25. The van der Waals surface area contributed by atoms with E-state index in [1.807, 2.05) is 0 Å². The van der Waals surface area contributed by atoms with E-state index in [-0.39, 0.29) is 6.03 Å². The highest BCUT2D eigenvalue weighted by Crippen LogP contribution is 2.64. The Kier molecular flexibility index (Phi) is 6.15. The molecule has 4 bridgehead atoms. The van der Waals surface area contributed by atoms with Crippen molar-refractivity contribution >= 4 is 6.03 Å². The summed E-state index contributed by atoms with van der Waals surface area (Å²) in [5, 5.41) is 0. The maximum absolute atomic E-state index is 11.3. The van der Waals surface area contributed by atoms with E-state index in [1.54, 1.807) is 4.90 Å². The molecule has 2 N–H and O–H groups in total. The van der Waals surface area contributed by atoms with E-state index in [1.165, 1.54) is 37.7 Å². The number of nitrogens with zero attached hydrogens (tertiary/aromatic N) is 2. The average molecular weight is 512 g/mol. The van der Waals surface area contributed by atoms with Gasteiger partial charge in [0, 0.05) is 57.4 Å². The van der Waals surface area contributed by atoms with E-state index in [2.05, 4.69) is 29.2 Å². The number of urea groups is 1. The number of benzene rings is 1. The summed E-state index contributed by atoms with van der Waals surface area (Å²) in [6.45, 7) is 4.57. The Bertz CT molecular complexity index is 956. The summed E-state index contributed by atoms with van der Waals surface area (Å²) in [5.41, 5.74) is 6.73. The van der Waals surface area contributed by atoms with Crippen molar-refractivity contribution in [1.29, 1.82) is 0 Å². The highest BCUT2D eigenvalue weighted by molar-refractivity contribution is 5.72. The van der Waals surface area contributed by atoms with Gasteiger partial charge >= 0.3 is 6.03 Å². The molecule has 1 aromatic rings. The number of ether oxygens (including phenoxy) is 2. The molecule has 0 atom stereocenters. The highest BCUT2D eigenvalue weighted by atomic mass is 17.3. The molecular weight excluding hydrogens is 470 g/mol. The summed E-state index contributed by atoms with van der Waals surface area (Å²) < 4.78 is 12.9. The minimum Gasteiger partial charge on any atom is -0.492 e. The molecule has 5 saturated carbocycles. The van der Waals surface area contributed by atoms with E-state index in [0.717, 1.165) is 62.9 Å². The minimum absolute atomic E-state index is 0.326. The van der Waals surface area contributed by atoms with Crippen LogP contribution in [0.1, 0.15) is 69.3 Å². The fourth-order valence-electron chi connectivity index (χ4n) is 8.51. The second-order valence-electron chi connectivity index (χ2n) is 12.6. The Labute approximate surface area is 219 Å². The molecule has 0 radical (unpaired) electrons. The summed E-state index contributed by atoms with van der Waals surface area (Å²) >= 11 is 0. The highest BCUT2D eigenvalue weighted by Gasteiger charge is 2.66.